The number of halogens is 1. The number of carbonyl (C=O) groups is 2. The van der Waals surface area contributed by atoms with Crippen LogP contribution in [0.2, 0.25) is 0 Å². The Kier molecular flexibility index (Phi) is 3.74. The summed E-state index contributed by atoms with van der Waals surface area (Å²) >= 11 is 0. The summed E-state index contributed by atoms with van der Waals surface area (Å²) in [6, 6.07) is 5.90. The van der Waals surface area contributed by atoms with Gasteiger partial charge in [0.05, 0.1) is 23.0 Å². The number of rotatable bonds is 3. The van der Waals surface area contributed by atoms with E-state index in [0.717, 1.165) is 6.20 Å². The number of benzene rings is 1. The summed E-state index contributed by atoms with van der Waals surface area (Å²) in [6.45, 7) is 1.62. The molecule has 20 heavy (non-hydrogen) atoms. The lowest BCUT2D eigenvalue weighted by molar-refractivity contribution is 0.0697. The van der Waals surface area contributed by atoms with Crippen molar-refractivity contribution in [2.75, 3.05) is 5.32 Å². The maximum absolute atomic E-state index is 13.4. The number of amides is 1. The first-order valence-corrected chi connectivity index (χ1v) is 5.74. The summed E-state index contributed by atoms with van der Waals surface area (Å²) in [7, 11) is 0. The van der Waals surface area contributed by atoms with Gasteiger partial charge in [-0.05, 0) is 24.6 Å². The molecule has 1 amide bonds. The molecule has 1 aromatic carbocycles. The fourth-order valence-electron chi connectivity index (χ4n) is 1.80. The fourth-order valence-corrected chi connectivity index (χ4v) is 1.80. The van der Waals surface area contributed by atoms with E-state index in [1.54, 1.807) is 19.1 Å². The minimum atomic E-state index is -1.16. The van der Waals surface area contributed by atoms with E-state index in [4.69, 9.17) is 5.11 Å². The molecular weight excluding hydrogens is 263 g/mol. The predicted octanol–water partition coefficient (Wildman–Crippen LogP) is 2.48. The topological polar surface area (TPSA) is 79.3 Å². The van der Waals surface area contributed by atoms with Crippen molar-refractivity contribution in [3.05, 3.63) is 59.2 Å². The number of nitrogens with one attached hydrogen (secondary N) is 1. The van der Waals surface area contributed by atoms with Gasteiger partial charge in [0.1, 0.15) is 0 Å². The SMILES string of the molecule is Cc1cccc(NC(=O)c2ccncc2F)c1C(=O)O. The van der Waals surface area contributed by atoms with E-state index in [0.29, 0.717) is 5.56 Å². The van der Waals surface area contributed by atoms with Crippen molar-refractivity contribution in [1.29, 1.82) is 0 Å². The number of aryl methyl sites for hydroxylation is 1. The van der Waals surface area contributed by atoms with Crippen LogP contribution in [0.25, 0.3) is 0 Å². The van der Waals surface area contributed by atoms with Gasteiger partial charge < -0.3 is 10.4 Å². The van der Waals surface area contributed by atoms with E-state index in [-0.39, 0.29) is 16.8 Å². The van der Waals surface area contributed by atoms with Crippen molar-refractivity contribution in [3.63, 3.8) is 0 Å². The normalized spacial score (nSPS) is 10.1. The molecule has 0 unspecified atom stereocenters. The lowest BCUT2D eigenvalue weighted by Crippen LogP contribution is -2.17. The third kappa shape index (κ3) is 2.64. The van der Waals surface area contributed by atoms with Crippen LogP contribution in [0.15, 0.2) is 36.7 Å². The first-order valence-electron chi connectivity index (χ1n) is 5.74. The van der Waals surface area contributed by atoms with Gasteiger partial charge >= 0.3 is 5.97 Å². The van der Waals surface area contributed by atoms with Crippen LogP contribution in [0, 0.1) is 12.7 Å². The quantitative estimate of drug-likeness (QED) is 0.901. The molecule has 0 fully saturated rings. The summed E-state index contributed by atoms with van der Waals surface area (Å²) in [4.78, 5) is 26.7. The van der Waals surface area contributed by atoms with Crippen molar-refractivity contribution in [1.82, 2.24) is 4.98 Å². The number of hydrogen-bond acceptors (Lipinski definition) is 3. The van der Waals surface area contributed by atoms with E-state index >= 15 is 0 Å². The summed E-state index contributed by atoms with van der Waals surface area (Å²) < 4.78 is 13.4. The molecule has 6 heteroatoms. The molecule has 0 bridgehead atoms. The third-order valence-corrected chi connectivity index (χ3v) is 2.75. The molecule has 0 radical (unpaired) electrons. The number of aromatic nitrogens is 1. The van der Waals surface area contributed by atoms with Crippen LogP contribution in [0.5, 0.6) is 0 Å². The first-order chi connectivity index (χ1) is 9.50. The summed E-state index contributed by atoms with van der Waals surface area (Å²) in [5, 5.41) is 11.6. The molecule has 0 aliphatic heterocycles. The number of pyridine rings is 1. The van der Waals surface area contributed by atoms with E-state index < -0.39 is 17.7 Å². The van der Waals surface area contributed by atoms with Gasteiger partial charge in [-0.3, -0.25) is 9.78 Å². The Morgan fingerprint density at radius 3 is 2.70 bits per heavy atom. The zero-order chi connectivity index (χ0) is 14.7. The van der Waals surface area contributed by atoms with E-state index in [1.165, 1.54) is 18.3 Å². The Labute approximate surface area is 114 Å². The average Bonchev–Trinajstić information content (AvgIpc) is 2.38. The molecule has 1 aromatic heterocycles. The molecule has 102 valence electrons. The molecule has 0 atom stereocenters. The molecule has 5 nitrogen and oxygen atoms in total. The smallest absolute Gasteiger partial charge is 0.338 e. The Balaban J connectivity index is 2.36. The number of aromatic carboxylic acids is 1. The summed E-state index contributed by atoms with van der Waals surface area (Å²) in [5.41, 5.74) is 0.414. The van der Waals surface area contributed by atoms with E-state index in [9.17, 15) is 14.0 Å². The van der Waals surface area contributed by atoms with Gasteiger partial charge in [0, 0.05) is 6.20 Å². The van der Waals surface area contributed by atoms with Crippen LogP contribution in [0.3, 0.4) is 0 Å². The molecule has 2 rings (SSSR count). The highest BCUT2D eigenvalue weighted by Gasteiger charge is 2.17. The van der Waals surface area contributed by atoms with Gasteiger partial charge in [-0.2, -0.15) is 0 Å². The molecular formula is C14H11FN2O3. The van der Waals surface area contributed by atoms with Crippen molar-refractivity contribution in [2.45, 2.75) is 6.92 Å². The Hall–Kier alpha value is -2.76. The van der Waals surface area contributed by atoms with Gasteiger partial charge in [-0.1, -0.05) is 12.1 Å². The van der Waals surface area contributed by atoms with E-state index in [2.05, 4.69) is 10.3 Å². The second-order valence-electron chi connectivity index (χ2n) is 4.11. The maximum Gasteiger partial charge on any atom is 0.338 e. The third-order valence-electron chi connectivity index (χ3n) is 2.75. The second-order valence-corrected chi connectivity index (χ2v) is 4.11. The number of carbonyl (C=O) groups excluding carboxylic acids is 1. The number of anilines is 1. The van der Waals surface area contributed by atoms with Crippen molar-refractivity contribution >= 4 is 17.6 Å². The van der Waals surface area contributed by atoms with Crippen LogP contribution in [0.4, 0.5) is 10.1 Å². The molecule has 2 aromatic rings. The largest absolute Gasteiger partial charge is 0.478 e. The first kappa shape index (κ1) is 13.7. The molecule has 0 aliphatic rings. The lowest BCUT2D eigenvalue weighted by Gasteiger charge is -2.10. The highest BCUT2D eigenvalue weighted by molar-refractivity contribution is 6.08. The minimum absolute atomic E-state index is 0.0182. The van der Waals surface area contributed by atoms with Crippen LogP contribution in [-0.4, -0.2) is 22.0 Å². The van der Waals surface area contributed by atoms with Crippen LogP contribution in [0.1, 0.15) is 26.3 Å². The minimum Gasteiger partial charge on any atom is -0.478 e. The number of carboxylic acids is 1. The highest BCUT2D eigenvalue weighted by Crippen LogP contribution is 2.20. The molecule has 0 aliphatic carbocycles. The van der Waals surface area contributed by atoms with Crippen LogP contribution < -0.4 is 5.32 Å². The van der Waals surface area contributed by atoms with Gasteiger partial charge in [0.25, 0.3) is 5.91 Å². The number of nitrogens with zero attached hydrogens (tertiary/aromatic N) is 1. The zero-order valence-electron chi connectivity index (χ0n) is 10.6. The molecule has 2 N–H and O–H groups in total. The van der Waals surface area contributed by atoms with Gasteiger partial charge in [-0.25, -0.2) is 9.18 Å². The Bertz CT molecular complexity index is 686. The average molecular weight is 274 g/mol. The molecule has 0 spiro atoms. The van der Waals surface area contributed by atoms with Gasteiger partial charge in [0.2, 0.25) is 0 Å². The maximum atomic E-state index is 13.4. The standard InChI is InChI=1S/C14H11FN2O3/c1-8-3-2-4-11(12(8)14(19)20)17-13(18)9-5-6-16-7-10(9)15/h2-7H,1H3,(H,17,18)(H,19,20). The lowest BCUT2D eigenvalue weighted by atomic mass is 10.1. The van der Waals surface area contributed by atoms with Gasteiger partial charge in [0.15, 0.2) is 5.82 Å². The van der Waals surface area contributed by atoms with Gasteiger partial charge in [-0.15, -0.1) is 0 Å². The molecule has 1 heterocycles. The van der Waals surface area contributed by atoms with Crippen molar-refractivity contribution in [3.8, 4) is 0 Å². The van der Waals surface area contributed by atoms with Crippen LogP contribution >= 0.6 is 0 Å². The molecule has 0 saturated carbocycles. The van der Waals surface area contributed by atoms with E-state index in [1.807, 2.05) is 0 Å². The number of carboxylic acid groups (broad SMARTS) is 1. The van der Waals surface area contributed by atoms with Crippen molar-refractivity contribution in [2.24, 2.45) is 0 Å². The second kappa shape index (κ2) is 5.48. The Morgan fingerprint density at radius 1 is 1.30 bits per heavy atom. The fraction of sp³-hybridized carbons (Fsp3) is 0.0714. The Morgan fingerprint density at radius 2 is 2.05 bits per heavy atom. The summed E-state index contributed by atoms with van der Waals surface area (Å²) in [5.74, 6) is -2.65. The zero-order valence-corrected chi connectivity index (χ0v) is 10.6. The predicted molar refractivity (Wildman–Crippen MR) is 70.3 cm³/mol. The summed E-state index contributed by atoms with van der Waals surface area (Å²) in [6.07, 6.45) is 2.20. The number of hydrogen-bond donors (Lipinski definition) is 2. The molecule has 0 saturated heterocycles. The monoisotopic (exact) mass is 274 g/mol. The van der Waals surface area contributed by atoms with Crippen LogP contribution in [-0.2, 0) is 0 Å². The highest BCUT2D eigenvalue weighted by atomic mass is 19.1. The van der Waals surface area contributed by atoms with Crippen molar-refractivity contribution < 1.29 is 19.1 Å².